The Kier molecular flexibility index (Phi) is 4.33. The molecule has 1 aromatic heterocycles. The zero-order valence-electron chi connectivity index (χ0n) is 13.2. The molecule has 1 aromatic rings. The average molecular weight is 307 g/mol. The molecule has 2 fully saturated rings. The van der Waals surface area contributed by atoms with Gasteiger partial charge in [0.15, 0.2) is 0 Å². The van der Waals surface area contributed by atoms with Crippen LogP contribution < -0.4 is 11.0 Å². The van der Waals surface area contributed by atoms with Crippen LogP contribution in [0.1, 0.15) is 55.6 Å². The topological polar surface area (TPSA) is 83.0 Å². The van der Waals surface area contributed by atoms with E-state index in [2.05, 4.69) is 20.3 Å². The molecule has 7 nitrogen and oxygen atoms in total. The number of carbonyl (C=O) groups is 1. The van der Waals surface area contributed by atoms with E-state index in [4.69, 9.17) is 0 Å². The Bertz CT molecular complexity index is 579. The minimum atomic E-state index is -0.364. The number of rotatable bonds is 4. The predicted octanol–water partition coefficient (Wildman–Crippen LogP) is 0.637. The number of carbonyl (C=O) groups excluding carboxylic acids is 1. The number of hydrogen-bond acceptors (Lipinski definition) is 4. The summed E-state index contributed by atoms with van der Waals surface area (Å²) in [4.78, 5) is 28.6. The Labute approximate surface area is 130 Å². The quantitative estimate of drug-likeness (QED) is 0.855. The highest BCUT2D eigenvalue weighted by Gasteiger charge is 2.40. The normalized spacial score (nSPS) is 21.9. The van der Waals surface area contributed by atoms with E-state index >= 15 is 0 Å². The number of aromatic amines is 1. The van der Waals surface area contributed by atoms with Gasteiger partial charge >= 0.3 is 5.69 Å². The van der Waals surface area contributed by atoms with Gasteiger partial charge in [0, 0.05) is 19.1 Å². The Hall–Kier alpha value is -1.63. The van der Waals surface area contributed by atoms with E-state index in [-0.39, 0.29) is 23.0 Å². The lowest BCUT2D eigenvalue weighted by atomic mass is 9.92. The Balaban J connectivity index is 1.66. The van der Waals surface area contributed by atoms with Crippen molar-refractivity contribution in [2.75, 3.05) is 19.6 Å². The summed E-state index contributed by atoms with van der Waals surface area (Å²) in [7, 11) is 1.53. The fourth-order valence-electron chi connectivity index (χ4n) is 3.84. The number of nitrogens with one attached hydrogen (secondary N) is 2. The van der Waals surface area contributed by atoms with Gasteiger partial charge in [0.05, 0.1) is 0 Å². The van der Waals surface area contributed by atoms with Gasteiger partial charge in [0.25, 0.3) is 5.91 Å². The number of aromatic nitrogens is 3. The molecule has 3 rings (SSSR count). The molecule has 1 aliphatic carbocycles. The van der Waals surface area contributed by atoms with Gasteiger partial charge in [-0.15, -0.1) is 5.10 Å². The van der Waals surface area contributed by atoms with Crippen molar-refractivity contribution >= 4 is 5.91 Å². The molecule has 1 amide bonds. The van der Waals surface area contributed by atoms with Crippen molar-refractivity contribution in [2.24, 2.45) is 7.05 Å². The van der Waals surface area contributed by atoms with E-state index in [0.717, 1.165) is 30.6 Å². The number of amides is 1. The van der Waals surface area contributed by atoms with Crippen LogP contribution in [0.25, 0.3) is 0 Å². The highest BCUT2D eigenvalue weighted by atomic mass is 16.2. The molecule has 122 valence electrons. The fourth-order valence-corrected chi connectivity index (χ4v) is 3.84. The Morgan fingerprint density at radius 1 is 1.23 bits per heavy atom. The third-order valence-electron chi connectivity index (χ3n) is 5.12. The highest BCUT2D eigenvalue weighted by molar-refractivity contribution is 5.90. The second-order valence-electron chi connectivity index (χ2n) is 6.56. The molecule has 0 radical (unpaired) electrons. The third-order valence-corrected chi connectivity index (χ3v) is 5.12. The van der Waals surface area contributed by atoms with E-state index in [0.29, 0.717) is 6.54 Å². The third kappa shape index (κ3) is 2.95. The standard InChI is InChI=1S/C15H25N5O2/c1-19-14(22)17-12(18-19)13(21)16-11-15(7-3-4-8-15)20-9-5-2-6-10-20/h2-11H2,1H3,(H,16,21)(H,17,18,22). The van der Waals surface area contributed by atoms with Crippen LogP contribution >= 0.6 is 0 Å². The monoisotopic (exact) mass is 307 g/mol. The van der Waals surface area contributed by atoms with Gasteiger partial charge in [0.1, 0.15) is 0 Å². The molecule has 2 N–H and O–H groups in total. The molecule has 0 bridgehead atoms. The van der Waals surface area contributed by atoms with Crippen molar-refractivity contribution in [3.63, 3.8) is 0 Å². The first-order valence-electron chi connectivity index (χ1n) is 8.27. The maximum absolute atomic E-state index is 12.2. The zero-order valence-corrected chi connectivity index (χ0v) is 13.2. The van der Waals surface area contributed by atoms with E-state index in [1.165, 1.54) is 39.2 Å². The number of H-pyrrole nitrogens is 1. The maximum Gasteiger partial charge on any atom is 0.343 e. The largest absolute Gasteiger partial charge is 0.347 e. The summed E-state index contributed by atoms with van der Waals surface area (Å²) < 4.78 is 1.14. The minimum Gasteiger partial charge on any atom is -0.347 e. The lowest BCUT2D eigenvalue weighted by Gasteiger charge is -2.43. The van der Waals surface area contributed by atoms with E-state index in [1.54, 1.807) is 0 Å². The highest BCUT2D eigenvalue weighted by Crippen LogP contribution is 2.36. The molecule has 2 heterocycles. The number of piperidine rings is 1. The smallest absolute Gasteiger partial charge is 0.343 e. The summed E-state index contributed by atoms with van der Waals surface area (Å²) in [6.07, 6.45) is 8.57. The van der Waals surface area contributed by atoms with Gasteiger partial charge in [-0.1, -0.05) is 19.3 Å². The first-order valence-corrected chi connectivity index (χ1v) is 8.27. The molecule has 0 aromatic carbocycles. The van der Waals surface area contributed by atoms with E-state index < -0.39 is 0 Å². The zero-order chi connectivity index (χ0) is 15.6. The molecule has 22 heavy (non-hydrogen) atoms. The van der Waals surface area contributed by atoms with Gasteiger partial charge < -0.3 is 5.32 Å². The van der Waals surface area contributed by atoms with Crippen LogP contribution in [0.4, 0.5) is 0 Å². The van der Waals surface area contributed by atoms with Crippen LogP contribution in [0.5, 0.6) is 0 Å². The van der Waals surface area contributed by atoms with Crippen LogP contribution in [-0.2, 0) is 7.05 Å². The van der Waals surface area contributed by atoms with Crippen molar-refractivity contribution in [1.82, 2.24) is 25.0 Å². The first-order chi connectivity index (χ1) is 10.6. The number of aryl methyl sites for hydroxylation is 1. The van der Waals surface area contributed by atoms with Crippen LogP contribution in [0.2, 0.25) is 0 Å². The lowest BCUT2D eigenvalue weighted by Crippen LogP contribution is -2.55. The summed E-state index contributed by atoms with van der Waals surface area (Å²) in [5.41, 5.74) is -0.262. The summed E-state index contributed by atoms with van der Waals surface area (Å²) in [6.45, 7) is 2.91. The van der Waals surface area contributed by atoms with Crippen molar-refractivity contribution in [3.05, 3.63) is 16.3 Å². The molecule has 0 unspecified atom stereocenters. The minimum absolute atomic E-state index is 0.0966. The van der Waals surface area contributed by atoms with Crippen molar-refractivity contribution in [1.29, 1.82) is 0 Å². The molecular formula is C15H25N5O2. The van der Waals surface area contributed by atoms with Crippen LogP contribution in [0, 0.1) is 0 Å². The van der Waals surface area contributed by atoms with E-state index in [9.17, 15) is 9.59 Å². The SMILES string of the molecule is Cn1nc(C(=O)NCC2(N3CCCCC3)CCCC2)[nH]c1=O. The van der Waals surface area contributed by atoms with Gasteiger partial charge in [-0.3, -0.25) is 14.7 Å². The summed E-state index contributed by atoms with van der Waals surface area (Å²) in [5, 5.41) is 6.91. The second kappa shape index (κ2) is 6.24. The molecule has 0 atom stereocenters. The molecule has 1 saturated carbocycles. The Morgan fingerprint density at radius 2 is 1.91 bits per heavy atom. The number of likely N-dealkylation sites (tertiary alicyclic amines) is 1. The van der Waals surface area contributed by atoms with Gasteiger partial charge in [-0.25, -0.2) is 9.48 Å². The van der Waals surface area contributed by atoms with Gasteiger partial charge in [-0.2, -0.15) is 0 Å². The van der Waals surface area contributed by atoms with Crippen LogP contribution in [0.3, 0.4) is 0 Å². The lowest BCUT2D eigenvalue weighted by molar-refractivity contribution is 0.0639. The maximum atomic E-state index is 12.2. The molecular weight excluding hydrogens is 282 g/mol. The average Bonchev–Trinajstić information content (AvgIpc) is 3.14. The van der Waals surface area contributed by atoms with Crippen molar-refractivity contribution < 1.29 is 4.79 Å². The number of nitrogens with zero attached hydrogens (tertiary/aromatic N) is 3. The first kappa shape index (κ1) is 15.3. The predicted molar refractivity (Wildman–Crippen MR) is 82.8 cm³/mol. The molecule has 2 aliphatic rings. The molecule has 0 spiro atoms. The van der Waals surface area contributed by atoms with Gasteiger partial charge in [0.2, 0.25) is 5.82 Å². The van der Waals surface area contributed by atoms with Crippen LogP contribution in [-0.4, -0.2) is 50.7 Å². The summed E-state index contributed by atoms with van der Waals surface area (Å²) in [5.74, 6) is -0.194. The molecule has 7 heteroatoms. The van der Waals surface area contributed by atoms with Gasteiger partial charge in [-0.05, 0) is 38.8 Å². The van der Waals surface area contributed by atoms with Crippen LogP contribution in [0.15, 0.2) is 4.79 Å². The number of hydrogen-bond donors (Lipinski definition) is 2. The fraction of sp³-hybridized carbons (Fsp3) is 0.800. The summed E-state index contributed by atoms with van der Waals surface area (Å²) >= 11 is 0. The van der Waals surface area contributed by atoms with Crippen molar-refractivity contribution in [2.45, 2.75) is 50.5 Å². The second-order valence-corrected chi connectivity index (χ2v) is 6.56. The Morgan fingerprint density at radius 3 is 2.50 bits per heavy atom. The van der Waals surface area contributed by atoms with Crippen molar-refractivity contribution in [3.8, 4) is 0 Å². The molecule has 1 aliphatic heterocycles. The van der Waals surface area contributed by atoms with E-state index in [1.807, 2.05) is 0 Å². The summed E-state index contributed by atoms with van der Waals surface area (Å²) in [6, 6.07) is 0. The molecule has 1 saturated heterocycles.